The molecule has 2 aromatic heterocycles. The van der Waals surface area contributed by atoms with Gasteiger partial charge in [-0.2, -0.15) is 4.57 Å². The van der Waals surface area contributed by atoms with E-state index in [1.54, 1.807) is 0 Å². The molecule has 0 aliphatic heterocycles. The average Bonchev–Trinajstić information content (AvgIpc) is 3.54. The molecule has 0 bridgehead atoms. The van der Waals surface area contributed by atoms with E-state index >= 15 is 0 Å². The molecule has 0 N–H and O–H groups in total. The number of benzene rings is 5. The van der Waals surface area contributed by atoms with Crippen molar-refractivity contribution in [3.05, 3.63) is 133 Å². The fourth-order valence-electron chi connectivity index (χ4n) is 5.51. The number of nitrogens with zero attached hydrogens (tertiary/aromatic N) is 2. The highest BCUT2D eigenvalue weighted by Gasteiger charge is 2.26. The van der Waals surface area contributed by atoms with E-state index in [1.807, 2.05) is 12.1 Å². The fraction of sp³-hybridized carbons (Fsp3) is 0.0571. The number of para-hydroxylation sites is 2. The van der Waals surface area contributed by atoms with E-state index in [9.17, 15) is 0 Å². The van der Waals surface area contributed by atoms with Crippen molar-refractivity contribution in [3.8, 4) is 39.3 Å². The van der Waals surface area contributed by atoms with E-state index in [0.717, 1.165) is 50.1 Å². The van der Waals surface area contributed by atoms with Crippen LogP contribution in [0.3, 0.4) is 0 Å². The summed E-state index contributed by atoms with van der Waals surface area (Å²) in [6.45, 7) is 2.16. The molecule has 7 rings (SSSR count). The lowest BCUT2D eigenvalue weighted by Crippen LogP contribution is -2.29. The van der Waals surface area contributed by atoms with Crippen molar-refractivity contribution in [2.45, 2.75) is 6.92 Å². The Kier molecular flexibility index (Phi) is 5.22. The van der Waals surface area contributed by atoms with Crippen molar-refractivity contribution in [1.29, 1.82) is 0 Å². The van der Waals surface area contributed by atoms with Gasteiger partial charge in [0.05, 0.1) is 7.05 Å². The van der Waals surface area contributed by atoms with Crippen LogP contribution in [0.4, 0.5) is 0 Å². The van der Waals surface area contributed by atoms with Gasteiger partial charge in [-0.3, -0.25) is 0 Å². The zero-order valence-electron chi connectivity index (χ0n) is 21.4. The van der Waals surface area contributed by atoms with Crippen LogP contribution in [0.25, 0.3) is 61.3 Å². The number of imidazole rings is 1. The van der Waals surface area contributed by atoms with Crippen molar-refractivity contribution >= 4 is 21.9 Å². The molecular weight excluding hydrogens is 464 g/mol. The maximum atomic E-state index is 6.81. The fourth-order valence-corrected chi connectivity index (χ4v) is 5.51. The van der Waals surface area contributed by atoms with Gasteiger partial charge < -0.3 is 4.42 Å². The second-order valence-corrected chi connectivity index (χ2v) is 9.80. The highest BCUT2D eigenvalue weighted by molar-refractivity contribution is 6.13. The molecule has 0 fully saturated rings. The summed E-state index contributed by atoms with van der Waals surface area (Å²) in [4.78, 5) is 0. The first kappa shape index (κ1) is 22.3. The van der Waals surface area contributed by atoms with E-state index in [1.165, 1.54) is 16.7 Å². The molecule has 0 atom stereocenters. The van der Waals surface area contributed by atoms with E-state index in [4.69, 9.17) is 4.42 Å². The molecule has 5 aromatic carbocycles. The molecule has 0 amide bonds. The minimum Gasteiger partial charge on any atom is -0.454 e. The first-order valence-corrected chi connectivity index (χ1v) is 12.9. The minimum atomic E-state index is 0.917. The summed E-state index contributed by atoms with van der Waals surface area (Å²) in [7, 11) is 2.09. The van der Waals surface area contributed by atoms with Crippen LogP contribution in [-0.2, 0) is 7.05 Å². The standard InChI is InChI=1S/C35H27N2O/c1-24-16-21-31-30-15-9-14-29(27-19-17-26(18-20-27)25-10-5-3-6-11-25)33(30)38-34(31)32(24)35-36(2)22-23-37(35)28-12-7-4-8-13-28/h3-23H,1-2H3/q+1. The van der Waals surface area contributed by atoms with Crippen molar-refractivity contribution in [2.75, 3.05) is 0 Å². The summed E-state index contributed by atoms with van der Waals surface area (Å²) in [5.41, 5.74) is 9.92. The van der Waals surface area contributed by atoms with Crippen LogP contribution >= 0.6 is 0 Å². The van der Waals surface area contributed by atoms with E-state index < -0.39 is 0 Å². The van der Waals surface area contributed by atoms with Crippen molar-refractivity contribution < 1.29 is 8.98 Å². The maximum Gasteiger partial charge on any atom is 0.297 e. The molecule has 7 aromatic rings. The SMILES string of the molecule is Cc1ccc2c(oc3c(-c4ccc(-c5ccccc5)cc4)cccc32)c1-c1n(-c2ccccc2)cc[n+]1C. The molecular formula is C35H27N2O+. The largest absolute Gasteiger partial charge is 0.454 e. The van der Waals surface area contributed by atoms with Crippen LogP contribution in [0.15, 0.2) is 132 Å². The number of hydrogen-bond donors (Lipinski definition) is 0. The molecule has 0 spiro atoms. The second kappa shape index (κ2) is 8.89. The molecule has 3 heteroatoms. The van der Waals surface area contributed by atoms with Gasteiger partial charge in [-0.1, -0.05) is 103 Å². The Morgan fingerprint density at radius 2 is 1.26 bits per heavy atom. The lowest BCUT2D eigenvalue weighted by atomic mass is 9.98. The summed E-state index contributed by atoms with van der Waals surface area (Å²) >= 11 is 0. The molecule has 0 saturated heterocycles. The Labute approximate surface area is 221 Å². The number of furan rings is 1. The first-order chi connectivity index (χ1) is 18.7. The van der Waals surface area contributed by atoms with Crippen LogP contribution < -0.4 is 4.57 Å². The number of aromatic nitrogens is 2. The molecule has 3 nitrogen and oxygen atoms in total. The van der Waals surface area contributed by atoms with Gasteiger partial charge in [0.2, 0.25) is 0 Å². The zero-order valence-corrected chi connectivity index (χ0v) is 21.4. The summed E-state index contributed by atoms with van der Waals surface area (Å²) in [6, 6.07) is 40.6. The van der Waals surface area contributed by atoms with Gasteiger partial charge in [0.1, 0.15) is 29.2 Å². The Hall–Kier alpha value is -4.89. The van der Waals surface area contributed by atoms with Crippen LogP contribution in [0.1, 0.15) is 5.56 Å². The Morgan fingerprint density at radius 3 is 2.03 bits per heavy atom. The third-order valence-corrected chi connectivity index (χ3v) is 7.44. The molecule has 0 unspecified atom stereocenters. The van der Waals surface area contributed by atoms with Crippen molar-refractivity contribution in [2.24, 2.45) is 7.05 Å². The monoisotopic (exact) mass is 491 g/mol. The smallest absolute Gasteiger partial charge is 0.297 e. The van der Waals surface area contributed by atoms with Crippen molar-refractivity contribution in [3.63, 3.8) is 0 Å². The second-order valence-electron chi connectivity index (χ2n) is 9.80. The molecule has 0 aliphatic carbocycles. The molecule has 0 saturated carbocycles. The normalized spacial score (nSPS) is 11.4. The van der Waals surface area contributed by atoms with Gasteiger partial charge in [0, 0.05) is 16.3 Å². The van der Waals surface area contributed by atoms with Gasteiger partial charge >= 0.3 is 0 Å². The van der Waals surface area contributed by atoms with Gasteiger partial charge in [0.25, 0.3) is 5.82 Å². The Bertz CT molecular complexity index is 1910. The Morgan fingerprint density at radius 1 is 0.605 bits per heavy atom. The number of fused-ring (bicyclic) bond motifs is 3. The third-order valence-electron chi connectivity index (χ3n) is 7.44. The summed E-state index contributed by atoms with van der Waals surface area (Å²) < 4.78 is 11.2. The molecule has 182 valence electrons. The number of hydrogen-bond acceptors (Lipinski definition) is 1. The van der Waals surface area contributed by atoms with Crippen LogP contribution in [0.2, 0.25) is 0 Å². The maximum absolute atomic E-state index is 6.81. The highest BCUT2D eigenvalue weighted by atomic mass is 16.3. The van der Waals surface area contributed by atoms with Gasteiger partial charge in [-0.15, -0.1) is 0 Å². The van der Waals surface area contributed by atoms with Gasteiger partial charge in [-0.25, -0.2) is 4.57 Å². The Balaban J connectivity index is 1.43. The lowest BCUT2D eigenvalue weighted by Gasteiger charge is -2.07. The predicted molar refractivity (Wildman–Crippen MR) is 155 cm³/mol. The minimum absolute atomic E-state index is 0.917. The van der Waals surface area contributed by atoms with Gasteiger partial charge in [-0.05, 0) is 41.3 Å². The summed E-state index contributed by atoms with van der Waals surface area (Å²) in [5, 5.41) is 2.26. The summed E-state index contributed by atoms with van der Waals surface area (Å²) in [6.07, 6.45) is 4.22. The zero-order chi connectivity index (χ0) is 25.6. The third kappa shape index (κ3) is 3.55. The lowest BCUT2D eigenvalue weighted by molar-refractivity contribution is -0.659. The van der Waals surface area contributed by atoms with Crippen LogP contribution in [0, 0.1) is 6.92 Å². The van der Waals surface area contributed by atoms with Crippen molar-refractivity contribution in [1.82, 2.24) is 4.57 Å². The van der Waals surface area contributed by atoms with E-state index in [2.05, 4.69) is 139 Å². The average molecular weight is 492 g/mol. The van der Waals surface area contributed by atoms with E-state index in [-0.39, 0.29) is 0 Å². The number of aryl methyl sites for hydroxylation is 2. The predicted octanol–water partition coefficient (Wildman–Crippen LogP) is 8.51. The van der Waals surface area contributed by atoms with E-state index in [0.29, 0.717) is 0 Å². The topological polar surface area (TPSA) is 21.9 Å². The quantitative estimate of drug-likeness (QED) is 0.226. The summed E-state index contributed by atoms with van der Waals surface area (Å²) in [5.74, 6) is 1.09. The molecule has 0 radical (unpaired) electrons. The molecule has 0 aliphatic rings. The molecule has 38 heavy (non-hydrogen) atoms. The first-order valence-electron chi connectivity index (χ1n) is 12.9. The van der Waals surface area contributed by atoms with Gasteiger partial charge in [0.15, 0.2) is 5.58 Å². The van der Waals surface area contributed by atoms with Crippen LogP contribution in [0.5, 0.6) is 0 Å². The number of rotatable bonds is 4. The highest BCUT2D eigenvalue weighted by Crippen LogP contribution is 2.41. The molecule has 2 heterocycles. The van der Waals surface area contributed by atoms with Crippen LogP contribution in [-0.4, -0.2) is 4.57 Å².